The minimum atomic E-state index is -3.75. The predicted molar refractivity (Wildman–Crippen MR) is 116 cm³/mol. The Balaban J connectivity index is 1.94. The third-order valence-corrected chi connectivity index (χ3v) is 7.00. The number of halogens is 1. The van der Waals surface area contributed by atoms with Gasteiger partial charge in [0.25, 0.3) is 5.91 Å². The standard InChI is InChI=1S/C21H25ClN2O5S/c1-3-29-19-10-8-16(14-20(19)30(26,27)24-11-5-4-6-12-24)23-21(25)17-13-15(22)7-9-18(17)28-2/h7-10,13-14H,3-6,11-12H2,1-2H3,(H,23,25). The van der Waals surface area contributed by atoms with Crippen molar-refractivity contribution in [1.29, 1.82) is 0 Å². The lowest BCUT2D eigenvalue weighted by atomic mass is 10.2. The smallest absolute Gasteiger partial charge is 0.259 e. The molecule has 0 bridgehead atoms. The van der Waals surface area contributed by atoms with E-state index in [1.807, 2.05) is 0 Å². The van der Waals surface area contributed by atoms with Gasteiger partial charge in [-0.1, -0.05) is 18.0 Å². The number of carbonyl (C=O) groups is 1. The first-order chi connectivity index (χ1) is 14.4. The lowest BCUT2D eigenvalue weighted by Gasteiger charge is -2.27. The first-order valence-electron chi connectivity index (χ1n) is 9.78. The van der Waals surface area contributed by atoms with Crippen molar-refractivity contribution < 1.29 is 22.7 Å². The van der Waals surface area contributed by atoms with Gasteiger partial charge in [0, 0.05) is 23.8 Å². The maximum Gasteiger partial charge on any atom is 0.259 e. The van der Waals surface area contributed by atoms with E-state index in [-0.39, 0.29) is 16.2 Å². The minimum absolute atomic E-state index is 0.0436. The summed E-state index contributed by atoms with van der Waals surface area (Å²) in [6.07, 6.45) is 2.67. The Morgan fingerprint density at radius 1 is 1.10 bits per heavy atom. The largest absolute Gasteiger partial charge is 0.496 e. The predicted octanol–water partition coefficient (Wildman–Crippen LogP) is 4.17. The van der Waals surface area contributed by atoms with Gasteiger partial charge in [0.2, 0.25) is 10.0 Å². The van der Waals surface area contributed by atoms with Crippen LogP contribution in [0, 0.1) is 0 Å². The molecule has 0 spiro atoms. The average Bonchev–Trinajstić information content (AvgIpc) is 2.75. The highest BCUT2D eigenvalue weighted by Crippen LogP contribution is 2.32. The molecular formula is C21H25ClN2O5S. The summed E-state index contributed by atoms with van der Waals surface area (Å²) in [6, 6.07) is 9.32. The van der Waals surface area contributed by atoms with Crippen LogP contribution in [0.5, 0.6) is 11.5 Å². The third-order valence-electron chi connectivity index (χ3n) is 4.84. The van der Waals surface area contributed by atoms with Gasteiger partial charge in [-0.25, -0.2) is 8.42 Å². The van der Waals surface area contributed by atoms with Gasteiger partial charge >= 0.3 is 0 Å². The van der Waals surface area contributed by atoms with Crippen molar-refractivity contribution in [3.8, 4) is 11.5 Å². The lowest BCUT2D eigenvalue weighted by Crippen LogP contribution is -2.35. The number of hydrogen-bond donors (Lipinski definition) is 1. The highest BCUT2D eigenvalue weighted by atomic mass is 35.5. The maximum absolute atomic E-state index is 13.2. The number of piperidine rings is 1. The molecule has 9 heteroatoms. The van der Waals surface area contributed by atoms with Crippen LogP contribution in [0.15, 0.2) is 41.3 Å². The minimum Gasteiger partial charge on any atom is -0.496 e. The number of rotatable bonds is 7. The van der Waals surface area contributed by atoms with Crippen molar-refractivity contribution in [3.05, 3.63) is 47.0 Å². The van der Waals surface area contributed by atoms with Crippen molar-refractivity contribution in [2.45, 2.75) is 31.1 Å². The molecule has 3 rings (SSSR count). The van der Waals surface area contributed by atoms with Crippen LogP contribution in [-0.2, 0) is 10.0 Å². The van der Waals surface area contributed by atoms with E-state index in [4.69, 9.17) is 21.1 Å². The number of nitrogens with zero attached hydrogens (tertiary/aromatic N) is 1. The number of carbonyl (C=O) groups excluding carboxylic acids is 1. The van der Waals surface area contributed by atoms with Crippen LogP contribution < -0.4 is 14.8 Å². The molecule has 2 aromatic carbocycles. The van der Waals surface area contributed by atoms with Gasteiger partial charge in [-0.2, -0.15) is 4.31 Å². The summed E-state index contributed by atoms with van der Waals surface area (Å²) in [4.78, 5) is 12.8. The molecule has 0 atom stereocenters. The highest BCUT2D eigenvalue weighted by Gasteiger charge is 2.29. The molecule has 162 valence electrons. The molecule has 1 aliphatic rings. The zero-order valence-corrected chi connectivity index (χ0v) is 18.6. The molecule has 1 N–H and O–H groups in total. The van der Waals surface area contributed by atoms with E-state index in [9.17, 15) is 13.2 Å². The zero-order valence-electron chi connectivity index (χ0n) is 17.0. The molecule has 0 saturated carbocycles. The fraction of sp³-hybridized carbons (Fsp3) is 0.381. The number of sulfonamides is 1. The third kappa shape index (κ3) is 4.88. The monoisotopic (exact) mass is 452 g/mol. The van der Waals surface area contributed by atoms with Crippen LogP contribution in [0.2, 0.25) is 5.02 Å². The van der Waals surface area contributed by atoms with Crippen LogP contribution in [0.4, 0.5) is 5.69 Å². The molecule has 1 heterocycles. The number of ether oxygens (including phenoxy) is 2. The Hall–Kier alpha value is -2.29. The Morgan fingerprint density at radius 2 is 1.80 bits per heavy atom. The lowest BCUT2D eigenvalue weighted by molar-refractivity contribution is 0.102. The molecular weight excluding hydrogens is 428 g/mol. The van der Waals surface area contributed by atoms with Crippen LogP contribution in [0.3, 0.4) is 0 Å². The zero-order chi connectivity index (χ0) is 21.7. The number of amides is 1. The second-order valence-electron chi connectivity index (χ2n) is 6.86. The van der Waals surface area contributed by atoms with Crippen LogP contribution in [-0.4, -0.2) is 45.4 Å². The maximum atomic E-state index is 13.2. The van der Waals surface area contributed by atoms with Crippen molar-refractivity contribution in [2.75, 3.05) is 32.1 Å². The molecule has 1 fully saturated rings. The second-order valence-corrected chi connectivity index (χ2v) is 9.20. The SMILES string of the molecule is CCOc1ccc(NC(=O)c2cc(Cl)ccc2OC)cc1S(=O)(=O)N1CCCCC1. The van der Waals surface area contributed by atoms with Gasteiger partial charge in [0.05, 0.1) is 19.3 Å². The molecule has 0 aromatic heterocycles. The van der Waals surface area contributed by atoms with E-state index < -0.39 is 15.9 Å². The molecule has 0 radical (unpaired) electrons. The molecule has 0 unspecified atom stereocenters. The Bertz CT molecular complexity index is 1020. The Labute approximate surface area is 182 Å². The van der Waals surface area contributed by atoms with Crippen LogP contribution in [0.25, 0.3) is 0 Å². The van der Waals surface area contributed by atoms with E-state index >= 15 is 0 Å². The van der Waals surface area contributed by atoms with Crippen LogP contribution in [0.1, 0.15) is 36.5 Å². The van der Waals surface area contributed by atoms with E-state index in [0.29, 0.717) is 36.2 Å². The van der Waals surface area contributed by atoms with Crippen molar-refractivity contribution >= 4 is 33.2 Å². The number of hydrogen-bond acceptors (Lipinski definition) is 5. The summed E-state index contributed by atoms with van der Waals surface area (Å²) in [5.74, 6) is 0.172. The Kier molecular flexibility index (Phi) is 7.23. The normalized spacial score (nSPS) is 14.9. The number of nitrogens with one attached hydrogen (secondary N) is 1. The molecule has 7 nitrogen and oxygen atoms in total. The van der Waals surface area contributed by atoms with Crippen molar-refractivity contribution in [1.82, 2.24) is 4.31 Å². The molecule has 1 saturated heterocycles. The van der Waals surface area contributed by atoms with Gasteiger partial charge in [-0.3, -0.25) is 4.79 Å². The summed E-state index contributed by atoms with van der Waals surface area (Å²) in [6.45, 7) is 3.07. The number of methoxy groups -OCH3 is 1. The molecule has 0 aliphatic carbocycles. The topological polar surface area (TPSA) is 84.9 Å². The number of benzene rings is 2. The fourth-order valence-electron chi connectivity index (χ4n) is 3.36. The molecule has 1 amide bonds. The Morgan fingerprint density at radius 3 is 2.47 bits per heavy atom. The van der Waals surface area contributed by atoms with E-state index in [1.165, 1.54) is 23.5 Å². The quantitative estimate of drug-likeness (QED) is 0.681. The van der Waals surface area contributed by atoms with Gasteiger partial charge in [-0.15, -0.1) is 0 Å². The molecule has 2 aromatic rings. The van der Waals surface area contributed by atoms with Gasteiger partial charge in [0.1, 0.15) is 16.4 Å². The summed E-state index contributed by atoms with van der Waals surface area (Å²) in [5.41, 5.74) is 0.584. The second kappa shape index (κ2) is 9.68. The van der Waals surface area contributed by atoms with E-state index in [2.05, 4.69) is 5.32 Å². The highest BCUT2D eigenvalue weighted by molar-refractivity contribution is 7.89. The fourth-order valence-corrected chi connectivity index (χ4v) is 5.21. The van der Waals surface area contributed by atoms with Gasteiger partial charge < -0.3 is 14.8 Å². The van der Waals surface area contributed by atoms with Gasteiger partial charge in [0.15, 0.2) is 0 Å². The summed E-state index contributed by atoms with van der Waals surface area (Å²) >= 11 is 6.01. The van der Waals surface area contributed by atoms with Gasteiger partial charge in [-0.05, 0) is 56.2 Å². The number of anilines is 1. The first kappa shape index (κ1) is 22.4. The summed E-state index contributed by atoms with van der Waals surface area (Å²) in [5, 5.41) is 3.12. The molecule has 1 aliphatic heterocycles. The summed E-state index contributed by atoms with van der Waals surface area (Å²) in [7, 11) is -2.29. The van der Waals surface area contributed by atoms with Crippen molar-refractivity contribution in [3.63, 3.8) is 0 Å². The average molecular weight is 453 g/mol. The summed E-state index contributed by atoms with van der Waals surface area (Å²) < 4.78 is 38.7. The van der Waals surface area contributed by atoms with Crippen molar-refractivity contribution in [2.24, 2.45) is 0 Å². The van der Waals surface area contributed by atoms with E-state index in [1.54, 1.807) is 31.2 Å². The molecule has 30 heavy (non-hydrogen) atoms. The first-order valence-corrected chi connectivity index (χ1v) is 11.6. The van der Waals surface area contributed by atoms with Crippen LogP contribution >= 0.6 is 11.6 Å². The van der Waals surface area contributed by atoms with E-state index in [0.717, 1.165) is 19.3 Å².